The van der Waals surface area contributed by atoms with Crippen molar-refractivity contribution in [3.8, 4) is 0 Å². The van der Waals surface area contributed by atoms with E-state index in [1.807, 2.05) is 36.4 Å². The average Bonchev–Trinajstić information content (AvgIpc) is 3.01. The summed E-state index contributed by atoms with van der Waals surface area (Å²) in [6.45, 7) is 0. The molecule has 15 heteroatoms. The Morgan fingerprint density at radius 3 is 0.778 bits per heavy atom. The summed E-state index contributed by atoms with van der Waals surface area (Å²) in [4.78, 5) is 1.75. The summed E-state index contributed by atoms with van der Waals surface area (Å²) in [6, 6.07) is 21.8. The summed E-state index contributed by atoms with van der Waals surface area (Å²) in [5.74, 6) is -13.4. The molecular formula is C30H19F12N3. The van der Waals surface area contributed by atoms with Gasteiger partial charge in [0, 0.05) is 12.1 Å². The van der Waals surface area contributed by atoms with Crippen LogP contribution in [0.25, 0.3) is 10.4 Å². The third-order valence-corrected chi connectivity index (χ3v) is 4.24. The summed E-state index contributed by atoms with van der Waals surface area (Å²) in [5, 5.41) is 0. The molecule has 5 aromatic rings. The second-order valence-corrected chi connectivity index (χ2v) is 7.44. The van der Waals surface area contributed by atoms with Crippen LogP contribution in [0.1, 0.15) is 0 Å². The molecule has 0 unspecified atom stereocenters. The molecule has 0 spiro atoms. The van der Waals surface area contributed by atoms with E-state index in [1.165, 1.54) is 0 Å². The Labute approximate surface area is 248 Å². The van der Waals surface area contributed by atoms with E-state index in [9.17, 15) is 52.7 Å². The van der Waals surface area contributed by atoms with E-state index in [1.54, 1.807) is 4.91 Å². The van der Waals surface area contributed by atoms with Crippen molar-refractivity contribution < 1.29 is 52.7 Å². The Bertz CT molecular complexity index is 1450. The van der Waals surface area contributed by atoms with Crippen molar-refractivity contribution in [2.75, 3.05) is 0 Å². The van der Waals surface area contributed by atoms with Gasteiger partial charge in [-0.2, -0.15) is 0 Å². The molecule has 5 rings (SSSR count). The van der Waals surface area contributed by atoms with Gasteiger partial charge >= 0.3 is 0 Å². The maximum atomic E-state index is 12.0. The number of rotatable bonds is 0. The van der Waals surface area contributed by atoms with Crippen LogP contribution in [0.2, 0.25) is 0 Å². The quantitative estimate of drug-likeness (QED) is 0.0434. The lowest BCUT2D eigenvalue weighted by Gasteiger charge is -1.90. The van der Waals surface area contributed by atoms with Crippen molar-refractivity contribution in [2.45, 2.75) is 0 Å². The molecule has 0 amide bonds. The molecule has 1 N–H and O–H groups in total. The molecule has 0 aliphatic rings. The smallest absolute Gasteiger partial charge is 0.194 e. The Kier molecular flexibility index (Phi) is 19.5. The Balaban J connectivity index is 0.000000529. The van der Waals surface area contributed by atoms with Crippen LogP contribution in [-0.2, 0) is 0 Å². The molecule has 45 heavy (non-hydrogen) atoms. The highest BCUT2D eigenvalue weighted by Crippen LogP contribution is 2.09. The van der Waals surface area contributed by atoms with Crippen LogP contribution in [0.5, 0.6) is 0 Å². The Hall–Kier alpha value is -5.43. The first-order valence-corrected chi connectivity index (χ1v) is 11.7. The number of nitrogens with one attached hydrogen (secondary N) is 1. The summed E-state index contributed by atoms with van der Waals surface area (Å²) in [6.07, 6.45) is 0. The minimum Gasteiger partial charge on any atom is -0.207 e. The summed E-state index contributed by atoms with van der Waals surface area (Å²) in [5.41, 5.74) is 12.2. The Morgan fingerprint density at radius 1 is 0.356 bits per heavy atom. The van der Waals surface area contributed by atoms with Gasteiger partial charge < -0.3 is 0 Å². The molecular weight excluding hydrogens is 630 g/mol. The number of hydrogen-bond donors (Lipinski definition) is 1. The fraction of sp³-hybridized carbons (Fsp3) is 0. The SMILES string of the molecule is Fc1ccc(F)c(F)c1.Fc1ccc(F)c(F)c1.Fc1cccc(F)c1F.Fc1cccc(F)c1F.[N-]=[N+]=N.c1ccccc1. The maximum absolute atomic E-state index is 12.0. The fourth-order valence-electron chi connectivity index (χ4n) is 2.28. The second-order valence-electron chi connectivity index (χ2n) is 7.44. The highest BCUT2D eigenvalue weighted by Gasteiger charge is 2.05. The van der Waals surface area contributed by atoms with Crippen LogP contribution in [0.15, 0.2) is 109 Å². The van der Waals surface area contributed by atoms with Crippen molar-refractivity contribution in [2.24, 2.45) is 0 Å². The fourth-order valence-corrected chi connectivity index (χ4v) is 2.28. The van der Waals surface area contributed by atoms with Crippen molar-refractivity contribution in [3.63, 3.8) is 0 Å². The number of benzene rings is 5. The topological polar surface area (TPSA) is 60.3 Å². The van der Waals surface area contributed by atoms with Crippen LogP contribution in [0, 0.1) is 75.3 Å². The lowest BCUT2D eigenvalue weighted by Crippen LogP contribution is -1.86. The highest BCUT2D eigenvalue weighted by atomic mass is 19.2. The molecule has 0 aromatic heterocycles. The first kappa shape index (κ1) is 39.6. The third-order valence-electron chi connectivity index (χ3n) is 4.24. The number of nitrogens with zero attached hydrogens (tertiary/aromatic N) is 2. The molecule has 0 fully saturated rings. The van der Waals surface area contributed by atoms with Gasteiger partial charge in [-0.25, -0.2) is 52.7 Å². The van der Waals surface area contributed by atoms with Crippen molar-refractivity contribution >= 4 is 0 Å². The summed E-state index contributed by atoms with van der Waals surface area (Å²) >= 11 is 0. The first-order chi connectivity index (χ1) is 21.2. The van der Waals surface area contributed by atoms with E-state index in [0.717, 1.165) is 60.7 Å². The van der Waals surface area contributed by atoms with Crippen LogP contribution >= 0.6 is 0 Å². The van der Waals surface area contributed by atoms with Crippen LogP contribution in [-0.4, -0.2) is 0 Å². The molecule has 238 valence electrons. The Morgan fingerprint density at radius 2 is 0.600 bits per heavy atom. The summed E-state index contributed by atoms with van der Waals surface area (Å²) < 4.78 is 144. The van der Waals surface area contributed by atoms with Gasteiger partial charge in [0.25, 0.3) is 0 Å². The molecule has 0 heterocycles. The van der Waals surface area contributed by atoms with E-state index in [2.05, 4.69) is 0 Å². The van der Waals surface area contributed by atoms with Gasteiger partial charge in [-0.05, 0) is 59.0 Å². The van der Waals surface area contributed by atoms with Gasteiger partial charge in [0.15, 0.2) is 58.2 Å². The van der Waals surface area contributed by atoms with Crippen molar-refractivity contribution in [3.05, 3.63) is 189 Å². The van der Waals surface area contributed by atoms with Gasteiger partial charge in [-0.3, -0.25) is 0 Å². The minimum atomic E-state index is -1.42. The van der Waals surface area contributed by atoms with Gasteiger partial charge in [0.1, 0.15) is 11.6 Å². The molecule has 5 aromatic carbocycles. The largest absolute Gasteiger partial charge is 0.207 e. The number of hydrogen-bond acceptors (Lipinski definition) is 1. The minimum absolute atomic E-state index is 0.495. The zero-order valence-corrected chi connectivity index (χ0v) is 22.3. The van der Waals surface area contributed by atoms with E-state index in [0.29, 0.717) is 12.1 Å². The summed E-state index contributed by atoms with van der Waals surface area (Å²) in [7, 11) is 0. The molecule has 0 aliphatic heterocycles. The normalized spacial score (nSPS) is 8.98. The zero-order valence-electron chi connectivity index (χ0n) is 22.3. The van der Waals surface area contributed by atoms with Gasteiger partial charge in [0.2, 0.25) is 0 Å². The van der Waals surface area contributed by atoms with Crippen molar-refractivity contribution in [1.82, 2.24) is 0 Å². The van der Waals surface area contributed by atoms with Crippen LogP contribution in [0.4, 0.5) is 52.7 Å². The standard InChI is InChI=1S/4C6H3F3.C6H6.HN3/c2*7-4-1-2-5(8)6(9)3-4;2*7-4-2-1-3-5(8)6(4)9;1-2-4-6-5-3-1;1-3-2/h4*1-3H;1-6H;1H. The number of halogens is 12. The van der Waals surface area contributed by atoms with Crippen LogP contribution in [0.3, 0.4) is 0 Å². The van der Waals surface area contributed by atoms with E-state index >= 15 is 0 Å². The molecule has 0 aliphatic carbocycles. The third kappa shape index (κ3) is 17.3. The monoisotopic (exact) mass is 649 g/mol. The van der Waals surface area contributed by atoms with E-state index < -0.39 is 69.8 Å². The molecule has 3 nitrogen and oxygen atoms in total. The lowest BCUT2D eigenvalue weighted by atomic mass is 10.3. The zero-order chi connectivity index (χ0) is 34.4. The molecule has 0 saturated heterocycles. The van der Waals surface area contributed by atoms with Gasteiger partial charge in [-0.1, -0.05) is 48.5 Å². The maximum Gasteiger partial charge on any atom is 0.194 e. The molecule has 0 bridgehead atoms. The van der Waals surface area contributed by atoms with Crippen LogP contribution < -0.4 is 0 Å². The lowest BCUT2D eigenvalue weighted by molar-refractivity contribution is 0.447. The van der Waals surface area contributed by atoms with Gasteiger partial charge in [0.05, 0.1) is 0 Å². The van der Waals surface area contributed by atoms with Crippen molar-refractivity contribution in [1.29, 1.82) is 5.53 Å². The molecule has 0 atom stereocenters. The highest BCUT2D eigenvalue weighted by molar-refractivity contribution is 5.10. The predicted molar refractivity (Wildman–Crippen MR) is 141 cm³/mol. The van der Waals surface area contributed by atoms with E-state index in [4.69, 9.17) is 11.1 Å². The molecule has 0 radical (unpaired) electrons. The second kappa shape index (κ2) is 22.2. The molecule has 0 saturated carbocycles. The van der Waals surface area contributed by atoms with Gasteiger partial charge in [-0.15, -0.1) is 5.53 Å². The average molecular weight is 649 g/mol. The van der Waals surface area contributed by atoms with E-state index in [-0.39, 0.29) is 0 Å². The predicted octanol–water partition coefficient (Wildman–Crippen LogP) is 11.0. The first-order valence-electron chi connectivity index (χ1n) is 11.7.